The zero-order valence-electron chi connectivity index (χ0n) is 18.6. The fourth-order valence-electron chi connectivity index (χ4n) is 3.77. The monoisotopic (exact) mass is 497 g/mol. The van der Waals surface area contributed by atoms with Crippen molar-refractivity contribution < 1.29 is 14.4 Å². The number of nitrogens with zero attached hydrogens (tertiary/aromatic N) is 3. The van der Waals surface area contributed by atoms with Gasteiger partial charge in [0.15, 0.2) is 0 Å². The van der Waals surface area contributed by atoms with E-state index < -0.39 is 5.91 Å². The van der Waals surface area contributed by atoms with Gasteiger partial charge in [-0.1, -0.05) is 53.3 Å². The number of hydrogen-bond donors (Lipinski definition) is 2. The number of hydrogen-bond acceptors (Lipinski definition) is 6. The van der Waals surface area contributed by atoms with Crippen LogP contribution >= 0.6 is 22.9 Å². The van der Waals surface area contributed by atoms with Gasteiger partial charge in [0.25, 0.3) is 11.8 Å². The highest BCUT2D eigenvalue weighted by atomic mass is 35.5. The summed E-state index contributed by atoms with van der Waals surface area (Å²) in [5.74, 6) is -0.867. The molecule has 2 N–H and O–H groups in total. The Bertz CT molecular complexity index is 1210. The third kappa shape index (κ3) is 5.78. The van der Waals surface area contributed by atoms with E-state index in [0.29, 0.717) is 43.2 Å². The Hall–Kier alpha value is -3.30. The van der Waals surface area contributed by atoms with Crippen molar-refractivity contribution in [2.24, 2.45) is 5.92 Å². The molecule has 2 heterocycles. The van der Waals surface area contributed by atoms with Gasteiger partial charge >= 0.3 is 0 Å². The molecule has 3 amide bonds. The zero-order chi connectivity index (χ0) is 24.1. The minimum absolute atomic E-state index is 0.00578. The Kier molecular flexibility index (Phi) is 7.54. The van der Waals surface area contributed by atoms with E-state index in [0.717, 1.165) is 22.5 Å². The van der Waals surface area contributed by atoms with Crippen LogP contribution in [-0.4, -0.2) is 45.9 Å². The fraction of sp³-hybridized carbons (Fsp3) is 0.292. The first kappa shape index (κ1) is 23.8. The van der Waals surface area contributed by atoms with Gasteiger partial charge in [-0.25, -0.2) is 0 Å². The molecular formula is C24H24ClN5O3S. The molecule has 3 aromatic rings. The molecule has 176 valence electrons. The van der Waals surface area contributed by atoms with Crippen molar-refractivity contribution in [2.45, 2.75) is 26.3 Å². The molecule has 0 bridgehead atoms. The molecule has 1 saturated heterocycles. The lowest BCUT2D eigenvalue weighted by atomic mass is 9.95. The van der Waals surface area contributed by atoms with E-state index in [1.807, 2.05) is 31.2 Å². The number of nitrogens with one attached hydrogen (secondary N) is 2. The Morgan fingerprint density at radius 3 is 2.53 bits per heavy atom. The minimum Gasteiger partial charge on any atom is -0.352 e. The number of benzene rings is 2. The average molecular weight is 498 g/mol. The van der Waals surface area contributed by atoms with Crippen molar-refractivity contribution in [3.8, 4) is 0 Å². The Morgan fingerprint density at radius 2 is 1.79 bits per heavy atom. The molecule has 0 spiro atoms. The maximum absolute atomic E-state index is 12.8. The highest BCUT2D eigenvalue weighted by Gasteiger charge is 2.29. The van der Waals surface area contributed by atoms with E-state index in [1.165, 1.54) is 0 Å². The molecule has 2 aromatic carbocycles. The number of aryl methyl sites for hydroxylation is 1. The topological polar surface area (TPSA) is 104 Å². The first-order valence-corrected chi connectivity index (χ1v) is 12.1. The molecule has 4 rings (SSSR count). The van der Waals surface area contributed by atoms with Crippen LogP contribution in [0.5, 0.6) is 0 Å². The summed E-state index contributed by atoms with van der Waals surface area (Å²) < 4.78 is 0. The van der Waals surface area contributed by atoms with Crippen LogP contribution in [0.2, 0.25) is 5.02 Å². The third-order valence-corrected chi connectivity index (χ3v) is 6.90. The summed E-state index contributed by atoms with van der Waals surface area (Å²) in [6, 6.07) is 14.7. The van der Waals surface area contributed by atoms with Crippen LogP contribution < -0.4 is 10.6 Å². The highest BCUT2D eigenvalue weighted by Crippen LogP contribution is 2.22. The molecule has 10 heteroatoms. The van der Waals surface area contributed by atoms with Crippen LogP contribution in [0.3, 0.4) is 0 Å². The number of carbonyl (C=O) groups excluding carboxylic acids is 3. The van der Waals surface area contributed by atoms with Crippen LogP contribution in [0, 0.1) is 12.8 Å². The number of aromatic nitrogens is 2. The number of halogens is 1. The van der Waals surface area contributed by atoms with Crippen LogP contribution in [0.25, 0.3) is 0 Å². The molecule has 0 unspecified atom stereocenters. The van der Waals surface area contributed by atoms with Gasteiger partial charge in [0.1, 0.15) is 0 Å². The van der Waals surface area contributed by atoms with Gasteiger partial charge in [0.05, 0.1) is 0 Å². The predicted octanol–water partition coefficient (Wildman–Crippen LogP) is 3.92. The lowest BCUT2D eigenvalue weighted by Gasteiger charge is -2.30. The van der Waals surface area contributed by atoms with E-state index in [-0.39, 0.29) is 27.7 Å². The van der Waals surface area contributed by atoms with Crippen molar-refractivity contribution in [3.05, 3.63) is 74.7 Å². The lowest BCUT2D eigenvalue weighted by molar-refractivity contribution is -0.126. The molecule has 0 saturated carbocycles. The Labute approximate surface area is 206 Å². The van der Waals surface area contributed by atoms with E-state index in [9.17, 15) is 14.4 Å². The molecule has 34 heavy (non-hydrogen) atoms. The van der Waals surface area contributed by atoms with Gasteiger partial charge in [-0.05, 0) is 49.1 Å². The second-order valence-electron chi connectivity index (χ2n) is 8.09. The second kappa shape index (κ2) is 10.8. The maximum atomic E-state index is 12.8. The van der Waals surface area contributed by atoms with Crippen molar-refractivity contribution in [1.82, 2.24) is 20.4 Å². The molecule has 0 atom stereocenters. The summed E-state index contributed by atoms with van der Waals surface area (Å²) >= 11 is 6.88. The third-order valence-electron chi connectivity index (χ3n) is 5.75. The van der Waals surface area contributed by atoms with Crippen LogP contribution in [-0.2, 0) is 11.3 Å². The summed E-state index contributed by atoms with van der Waals surface area (Å²) in [6.07, 6.45) is 1.15. The lowest BCUT2D eigenvalue weighted by Crippen LogP contribution is -2.43. The summed E-state index contributed by atoms with van der Waals surface area (Å²) in [6.45, 7) is 3.41. The quantitative estimate of drug-likeness (QED) is 0.537. The highest BCUT2D eigenvalue weighted by molar-refractivity contribution is 7.15. The molecule has 1 aliphatic rings. The maximum Gasteiger partial charge on any atom is 0.286 e. The SMILES string of the molecule is Cc1ccccc1CNC(=O)C1CCN(C(=O)c2nnc(C(=O)Nc3cccc(Cl)c3)s2)CC1. The van der Waals surface area contributed by atoms with Gasteiger partial charge < -0.3 is 15.5 Å². The summed E-state index contributed by atoms with van der Waals surface area (Å²) in [5, 5.41) is 14.2. The number of carbonyl (C=O) groups is 3. The van der Waals surface area contributed by atoms with Gasteiger partial charge in [0.2, 0.25) is 15.9 Å². The molecule has 8 nitrogen and oxygen atoms in total. The van der Waals surface area contributed by atoms with Crippen LogP contribution in [0.1, 0.15) is 43.6 Å². The number of piperidine rings is 1. The standard InChI is InChI=1S/C24H24ClN5O3S/c1-15-5-2-3-6-17(15)14-26-20(31)16-9-11-30(12-10-16)24(33)23-29-28-22(34-23)21(32)27-19-8-4-7-18(25)13-19/h2-8,13,16H,9-12,14H2,1H3,(H,26,31)(H,27,32). The number of rotatable bonds is 6. The molecule has 1 aromatic heterocycles. The van der Waals surface area contributed by atoms with Gasteiger partial charge in [-0.2, -0.15) is 0 Å². The molecule has 0 aliphatic carbocycles. The summed E-state index contributed by atoms with van der Waals surface area (Å²) in [4.78, 5) is 39.5. The Morgan fingerprint density at radius 1 is 1.06 bits per heavy atom. The number of anilines is 1. The van der Waals surface area contributed by atoms with Gasteiger partial charge in [-0.15, -0.1) is 10.2 Å². The zero-order valence-corrected chi connectivity index (χ0v) is 20.2. The normalized spacial score (nSPS) is 14.0. The van der Waals surface area contributed by atoms with E-state index in [4.69, 9.17) is 11.6 Å². The van der Waals surface area contributed by atoms with E-state index >= 15 is 0 Å². The van der Waals surface area contributed by atoms with Gasteiger partial charge in [-0.3, -0.25) is 14.4 Å². The van der Waals surface area contributed by atoms with E-state index in [1.54, 1.807) is 29.2 Å². The predicted molar refractivity (Wildman–Crippen MR) is 131 cm³/mol. The van der Waals surface area contributed by atoms with Crippen molar-refractivity contribution in [3.63, 3.8) is 0 Å². The van der Waals surface area contributed by atoms with E-state index in [2.05, 4.69) is 20.8 Å². The van der Waals surface area contributed by atoms with Crippen molar-refractivity contribution in [1.29, 1.82) is 0 Å². The smallest absolute Gasteiger partial charge is 0.286 e. The first-order valence-electron chi connectivity index (χ1n) is 10.9. The molecule has 1 aliphatic heterocycles. The minimum atomic E-state index is -0.456. The van der Waals surface area contributed by atoms with Crippen molar-refractivity contribution >= 4 is 46.3 Å². The van der Waals surface area contributed by atoms with Crippen molar-refractivity contribution in [2.75, 3.05) is 18.4 Å². The first-order chi connectivity index (χ1) is 16.4. The largest absolute Gasteiger partial charge is 0.352 e. The number of amides is 3. The number of likely N-dealkylation sites (tertiary alicyclic amines) is 1. The Balaban J connectivity index is 1.28. The van der Waals surface area contributed by atoms with Gasteiger partial charge in [0, 0.05) is 36.3 Å². The molecule has 1 fully saturated rings. The summed E-state index contributed by atoms with van der Waals surface area (Å²) in [5.41, 5.74) is 2.76. The second-order valence-corrected chi connectivity index (χ2v) is 9.50. The molecular weight excluding hydrogens is 474 g/mol. The molecule has 0 radical (unpaired) electrons. The van der Waals surface area contributed by atoms with Crippen LogP contribution in [0.4, 0.5) is 5.69 Å². The van der Waals surface area contributed by atoms with Crippen LogP contribution in [0.15, 0.2) is 48.5 Å². The summed E-state index contributed by atoms with van der Waals surface area (Å²) in [7, 11) is 0. The fourth-order valence-corrected chi connectivity index (χ4v) is 4.66. The average Bonchev–Trinajstić information content (AvgIpc) is 3.34.